The number of carbonyl (C=O) groups is 1. The van der Waals surface area contributed by atoms with E-state index < -0.39 is 6.04 Å². The third-order valence-electron chi connectivity index (χ3n) is 3.05. The fourth-order valence-corrected chi connectivity index (χ4v) is 2.79. The summed E-state index contributed by atoms with van der Waals surface area (Å²) in [4.78, 5) is 14.2. The summed E-state index contributed by atoms with van der Waals surface area (Å²) in [6.45, 7) is 13.5. The lowest BCUT2D eigenvalue weighted by Gasteiger charge is -2.47. The number of morpholine rings is 1. The van der Waals surface area contributed by atoms with Crippen LogP contribution < -0.4 is 5.73 Å². The van der Waals surface area contributed by atoms with Crippen molar-refractivity contribution in [3.8, 4) is 0 Å². The molecule has 0 radical (unpaired) electrons. The molecule has 1 aliphatic rings. The molecule has 0 spiro atoms. The summed E-state index contributed by atoms with van der Waals surface area (Å²) in [5.41, 5.74) is 5.37. The Hall–Kier alpha value is -0.610. The van der Waals surface area contributed by atoms with Gasteiger partial charge in [-0.1, -0.05) is 13.8 Å². The topological polar surface area (TPSA) is 55.6 Å². The molecule has 0 aromatic rings. The maximum atomic E-state index is 12.4. The maximum absolute atomic E-state index is 12.4. The first-order chi connectivity index (χ1) is 8.02. The second-order valence-corrected chi connectivity index (χ2v) is 7.05. The van der Waals surface area contributed by atoms with E-state index in [4.69, 9.17) is 10.5 Å². The SMILES string of the molecule is CC(C)CC(N)C(=O)N1CC(C)(C)OC(C)(C)C1. The Bertz CT molecular complexity index is 295. The zero-order valence-electron chi connectivity index (χ0n) is 12.6. The van der Waals surface area contributed by atoms with Gasteiger partial charge in [-0.2, -0.15) is 0 Å². The zero-order chi connectivity index (χ0) is 14.1. The van der Waals surface area contributed by atoms with Crippen LogP contribution in [0, 0.1) is 5.92 Å². The van der Waals surface area contributed by atoms with Gasteiger partial charge in [0.05, 0.1) is 17.2 Å². The van der Waals surface area contributed by atoms with Gasteiger partial charge < -0.3 is 15.4 Å². The lowest BCUT2D eigenvalue weighted by Crippen LogP contribution is -2.61. The van der Waals surface area contributed by atoms with Crippen molar-refractivity contribution < 1.29 is 9.53 Å². The molecule has 1 rings (SSSR count). The largest absolute Gasteiger partial charge is 0.366 e. The molecule has 0 aliphatic carbocycles. The van der Waals surface area contributed by atoms with E-state index in [2.05, 4.69) is 13.8 Å². The van der Waals surface area contributed by atoms with Crippen molar-refractivity contribution in [3.05, 3.63) is 0 Å². The summed E-state index contributed by atoms with van der Waals surface area (Å²) >= 11 is 0. The summed E-state index contributed by atoms with van der Waals surface area (Å²) in [7, 11) is 0. The van der Waals surface area contributed by atoms with Gasteiger partial charge in [0.15, 0.2) is 0 Å². The van der Waals surface area contributed by atoms with Crippen molar-refractivity contribution >= 4 is 5.91 Å². The van der Waals surface area contributed by atoms with E-state index in [9.17, 15) is 4.79 Å². The minimum Gasteiger partial charge on any atom is -0.366 e. The third kappa shape index (κ3) is 4.25. The van der Waals surface area contributed by atoms with E-state index in [-0.39, 0.29) is 17.1 Å². The number of nitrogens with two attached hydrogens (primary N) is 1. The zero-order valence-corrected chi connectivity index (χ0v) is 12.6. The molecular formula is C14H28N2O2. The molecule has 1 atom stereocenters. The van der Waals surface area contributed by atoms with Gasteiger partial charge in [0.2, 0.25) is 5.91 Å². The Balaban J connectivity index is 2.73. The van der Waals surface area contributed by atoms with Crippen LogP contribution in [0.2, 0.25) is 0 Å². The predicted octanol–water partition coefficient (Wildman–Crippen LogP) is 1.78. The number of hydrogen-bond acceptors (Lipinski definition) is 3. The Morgan fingerprint density at radius 3 is 2.06 bits per heavy atom. The minimum absolute atomic E-state index is 0.0492. The van der Waals surface area contributed by atoms with Crippen molar-refractivity contribution in [3.63, 3.8) is 0 Å². The monoisotopic (exact) mass is 256 g/mol. The smallest absolute Gasteiger partial charge is 0.239 e. The van der Waals surface area contributed by atoms with E-state index in [1.807, 2.05) is 32.6 Å². The molecule has 4 heteroatoms. The van der Waals surface area contributed by atoms with Gasteiger partial charge in [-0.25, -0.2) is 0 Å². The molecule has 1 amide bonds. The van der Waals surface area contributed by atoms with Gasteiger partial charge in [0.1, 0.15) is 0 Å². The third-order valence-corrected chi connectivity index (χ3v) is 3.05. The molecule has 1 aliphatic heterocycles. The number of hydrogen-bond donors (Lipinski definition) is 1. The molecule has 0 aromatic heterocycles. The molecule has 0 bridgehead atoms. The summed E-state index contributed by atoms with van der Waals surface area (Å²) in [6.07, 6.45) is 0.733. The molecule has 1 heterocycles. The van der Waals surface area contributed by atoms with Gasteiger partial charge in [-0.3, -0.25) is 4.79 Å². The van der Waals surface area contributed by atoms with Gasteiger partial charge in [-0.15, -0.1) is 0 Å². The van der Waals surface area contributed by atoms with Gasteiger partial charge in [0.25, 0.3) is 0 Å². The number of rotatable bonds is 3. The average Bonchev–Trinajstić information content (AvgIpc) is 2.10. The highest BCUT2D eigenvalue weighted by atomic mass is 16.5. The second-order valence-electron chi connectivity index (χ2n) is 7.05. The van der Waals surface area contributed by atoms with Gasteiger partial charge in [-0.05, 0) is 40.0 Å². The van der Waals surface area contributed by atoms with Crippen LogP contribution in [0.25, 0.3) is 0 Å². The van der Waals surface area contributed by atoms with Crippen LogP contribution in [0.5, 0.6) is 0 Å². The maximum Gasteiger partial charge on any atom is 0.239 e. The first-order valence-corrected chi connectivity index (χ1v) is 6.77. The number of nitrogens with zero attached hydrogens (tertiary/aromatic N) is 1. The molecular weight excluding hydrogens is 228 g/mol. The second kappa shape index (κ2) is 5.17. The van der Waals surface area contributed by atoms with Crippen LogP contribution in [-0.2, 0) is 9.53 Å². The molecule has 106 valence electrons. The average molecular weight is 256 g/mol. The van der Waals surface area contributed by atoms with Crippen LogP contribution in [0.15, 0.2) is 0 Å². The van der Waals surface area contributed by atoms with Crippen molar-refractivity contribution in [2.45, 2.75) is 65.2 Å². The Morgan fingerprint density at radius 2 is 1.67 bits per heavy atom. The lowest BCUT2D eigenvalue weighted by molar-refractivity contribution is -0.188. The predicted molar refractivity (Wildman–Crippen MR) is 73.3 cm³/mol. The highest BCUT2D eigenvalue weighted by Crippen LogP contribution is 2.28. The van der Waals surface area contributed by atoms with Crippen LogP contribution in [0.4, 0.5) is 0 Å². The van der Waals surface area contributed by atoms with Crippen molar-refractivity contribution in [2.24, 2.45) is 11.7 Å². The molecule has 4 nitrogen and oxygen atoms in total. The van der Waals surface area contributed by atoms with Crippen molar-refractivity contribution in [1.82, 2.24) is 4.90 Å². The van der Waals surface area contributed by atoms with Crippen molar-refractivity contribution in [1.29, 1.82) is 0 Å². The molecule has 1 fully saturated rings. The van der Waals surface area contributed by atoms with Crippen LogP contribution in [0.1, 0.15) is 48.0 Å². The fraction of sp³-hybridized carbons (Fsp3) is 0.929. The summed E-state index contributed by atoms with van der Waals surface area (Å²) in [6, 6.07) is -0.394. The Labute approximate surface area is 111 Å². The van der Waals surface area contributed by atoms with Gasteiger partial charge in [0, 0.05) is 13.1 Å². The molecule has 2 N–H and O–H groups in total. The first-order valence-electron chi connectivity index (χ1n) is 6.77. The van der Waals surface area contributed by atoms with Crippen LogP contribution >= 0.6 is 0 Å². The molecule has 1 unspecified atom stereocenters. The molecule has 0 aromatic carbocycles. The Kier molecular flexibility index (Phi) is 4.44. The molecule has 0 saturated carbocycles. The van der Waals surface area contributed by atoms with Gasteiger partial charge >= 0.3 is 0 Å². The number of amides is 1. The van der Waals surface area contributed by atoms with E-state index in [1.54, 1.807) is 0 Å². The quantitative estimate of drug-likeness (QED) is 0.837. The van der Waals surface area contributed by atoms with E-state index in [0.717, 1.165) is 6.42 Å². The standard InChI is InChI=1S/C14H28N2O2/c1-10(2)7-11(15)12(17)16-8-13(3,4)18-14(5,6)9-16/h10-11H,7-9,15H2,1-6H3. The van der Waals surface area contributed by atoms with Crippen LogP contribution in [-0.4, -0.2) is 41.1 Å². The molecule has 18 heavy (non-hydrogen) atoms. The Morgan fingerprint density at radius 1 is 1.22 bits per heavy atom. The summed E-state index contributed by atoms with van der Waals surface area (Å²) in [5.74, 6) is 0.485. The van der Waals surface area contributed by atoms with Crippen LogP contribution in [0.3, 0.4) is 0 Å². The fourth-order valence-electron chi connectivity index (χ4n) is 2.79. The summed E-state index contributed by atoms with van der Waals surface area (Å²) in [5, 5.41) is 0. The van der Waals surface area contributed by atoms with Crippen molar-refractivity contribution in [2.75, 3.05) is 13.1 Å². The minimum atomic E-state index is -0.394. The number of carbonyl (C=O) groups excluding carboxylic acids is 1. The highest BCUT2D eigenvalue weighted by molar-refractivity contribution is 5.81. The van der Waals surface area contributed by atoms with E-state index in [0.29, 0.717) is 19.0 Å². The first kappa shape index (κ1) is 15.4. The van der Waals surface area contributed by atoms with E-state index in [1.165, 1.54) is 0 Å². The van der Waals surface area contributed by atoms with E-state index >= 15 is 0 Å². The molecule has 1 saturated heterocycles. The normalized spacial score (nSPS) is 24.1. The highest BCUT2D eigenvalue weighted by Gasteiger charge is 2.40. The number of ether oxygens (including phenoxy) is 1. The summed E-state index contributed by atoms with van der Waals surface area (Å²) < 4.78 is 5.97. The lowest BCUT2D eigenvalue weighted by atomic mass is 9.97.